The Morgan fingerprint density at radius 1 is 1.19 bits per heavy atom. The molecule has 1 aromatic heterocycles. The number of rotatable bonds is 5. The van der Waals surface area contributed by atoms with E-state index in [4.69, 9.17) is 27.9 Å². The number of benzene rings is 2. The molecule has 0 saturated carbocycles. The summed E-state index contributed by atoms with van der Waals surface area (Å²) in [5.74, 6) is 0.988. The third kappa shape index (κ3) is 4.49. The van der Waals surface area contributed by atoms with Crippen LogP contribution < -0.4 is 9.64 Å². The lowest BCUT2D eigenvalue weighted by Gasteiger charge is -2.30. The number of para-hydroxylation sites is 1. The molecule has 31 heavy (non-hydrogen) atoms. The first-order chi connectivity index (χ1) is 15.0. The molecule has 0 saturated heterocycles. The summed E-state index contributed by atoms with van der Waals surface area (Å²) in [5, 5.41) is 10.1. The van der Waals surface area contributed by atoms with Crippen molar-refractivity contribution in [1.29, 1.82) is 0 Å². The molecule has 1 aliphatic rings. The zero-order valence-electron chi connectivity index (χ0n) is 17.0. The van der Waals surface area contributed by atoms with Gasteiger partial charge in [-0.25, -0.2) is 0 Å². The van der Waals surface area contributed by atoms with Crippen LogP contribution in [0.25, 0.3) is 11.3 Å². The van der Waals surface area contributed by atoms with Gasteiger partial charge >= 0.3 is 0 Å². The number of nitrogens with zero attached hydrogens (tertiary/aromatic N) is 4. The fourth-order valence-electron chi connectivity index (χ4n) is 3.33. The maximum Gasteiger partial charge on any atom is 0.247 e. The van der Waals surface area contributed by atoms with E-state index < -0.39 is 6.23 Å². The Morgan fingerprint density at radius 2 is 2.00 bits per heavy atom. The van der Waals surface area contributed by atoms with Gasteiger partial charge in [0.25, 0.3) is 0 Å². The number of hydrogen-bond acceptors (Lipinski definition) is 6. The number of fused-ring (bicyclic) bond motifs is 3. The van der Waals surface area contributed by atoms with Crippen LogP contribution in [0, 0.1) is 0 Å². The molecule has 0 unspecified atom stereocenters. The lowest BCUT2D eigenvalue weighted by Crippen LogP contribution is -2.36. The number of hydrogen-bond donors (Lipinski definition) is 0. The van der Waals surface area contributed by atoms with Crippen LogP contribution in [0.15, 0.2) is 47.6 Å². The van der Waals surface area contributed by atoms with Crippen LogP contribution in [-0.4, -0.2) is 26.8 Å². The quantitative estimate of drug-likeness (QED) is 0.324. The Bertz CT molecular complexity index is 1130. The molecular weight excluding hydrogens is 455 g/mol. The summed E-state index contributed by atoms with van der Waals surface area (Å²) in [6, 6.07) is 12.5. The lowest BCUT2D eigenvalue weighted by molar-refractivity contribution is -0.118. The molecule has 1 aliphatic heterocycles. The Kier molecular flexibility index (Phi) is 6.65. The molecule has 1 amide bonds. The third-order valence-corrected chi connectivity index (χ3v) is 6.29. The summed E-state index contributed by atoms with van der Waals surface area (Å²) in [5.41, 5.74) is 2.44. The zero-order chi connectivity index (χ0) is 22.0. The highest BCUT2D eigenvalue weighted by molar-refractivity contribution is 7.99. The number of aromatic nitrogens is 3. The van der Waals surface area contributed by atoms with Gasteiger partial charge in [-0.15, -0.1) is 10.2 Å². The lowest BCUT2D eigenvalue weighted by atomic mass is 10.1. The van der Waals surface area contributed by atoms with E-state index in [9.17, 15) is 4.79 Å². The van der Waals surface area contributed by atoms with E-state index in [1.165, 1.54) is 18.7 Å². The van der Waals surface area contributed by atoms with Crippen LogP contribution in [0.4, 0.5) is 5.69 Å². The zero-order valence-corrected chi connectivity index (χ0v) is 19.3. The molecule has 6 nitrogen and oxygen atoms in total. The number of ether oxygens (including phenoxy) is 1. The predicted octanol–water partition coefficient (Wildman–Crippen LogP) is 6.18. The highest BCUT2D eigenvalue weighted by atomic mass is 35.5. The Balaban J connectivity index is 1.87. The second kappa shape index (κ2) is 9.42. The van der Waals surface area contributed by atoms with Crippen LogP contribution >= 0.6 is 35.0 Å². The van der Waals surface area contributed by atoms with E-state index in [1.54, 1.807) is 23.1 Å². The summed E-state index contributed by atoms with van der Waals surface area (Å²) in [6.45, 7) is 3.62. The molecule has 0 bridgehead atoms. The standard InChI is InChI=1S/C22H20Cl2N4O2S/c1-3-4-11-31-22-25-20-19(26-27-22)16-7-5-6-8-18(16)28(13(2)29)21(30-20)15-10-9-14(23)12-17(15)24/h5-10,12,21H,3-4,11H2,1-2H3/t21-/m1/s1. The minimum Gasteiger partial charge on any atom is -0.447 e. The van der Waals surface area contributed by atoms with Crippen molar-refractivity contribution in [1.82, 2.24) is 15.2 Å². The molecule has 2 aromatic carbocycles. The van der Waals surface area contributed by atoms with E-state index in [1.807, 2.05) is 24.3 Å². The topological polar surface area (TPSA) is 68.2 Å². The highest BCUT2D eigenvalue weighted by Gasteiger charge is 2.35. The molecule has 160 valence electrons. The van der Waals surface area contributed by atoms with Gasteiger partial charge in [0.15, 0.2) is 5.69 Å². The number of carbonyl (C=O) groups excluding carboxylic acids is 1. The van der Waals surface area contributed by atoms with E-state index >= 15 is 0 Å². The number of anilines is 1. The van der Waals surface area contributed by atoms with E-state index in [0.29, 0.717) is 43.6 Å². The van der Waals surface area contributed by atoms with Crippen LogP contribution in [-0.2, 0) is 4.79 Å². The van der Waals surface area contributed by atoms with Crippen molar-refractivity contribution in [2.75, 3.05) is 10.7 Å². The number of thioether (sulfide) groups is 1. The summed E-state index contributed by atoms with van der Waals surface area (Å²) in [4.78, 5) is 19.0. The van der Waals surface area contributed by atoms with Gasteiger partial charge in [0.05, 0.1) is 10.7 Å². The summed E-state index contributed by atoms with van der Waals surface area (Å²) in [7, 11) is 0. The fraction of sp³-hybridized carbons (Fsp3) is 0.273. The summed E-state index contributed by atoms with van der Waals surface area (Å²) >= 11 is 14.1. The smallest absolute Gasteiger partial charge is 0.247 e. The molecule has 0 N–H and O–H groups in total. The molecule has 0 spiro atoms. The molecule has 0 aliphatic carbocycles. The Hall–Kier alpha value is -2.35. The van der Waals surface area contributed by atoms with Crippen LogP contribution in [0.2, 0.25) is 10.0 Å². The maximum atomic E-state index is 12.8. The SMILES string of the molecule is CCCCSc1nnc2c(n1)O[C@H](c1ccc(Cl)cc1Cl)N(C(C)=O)c1ccccc1-2. The first kappa shape index (κ1) is 21.9. The van der Waals surface area contributed by atoms with E-state index in [2.05, 4.69) is 22.1 Å². The Morgan fingerprint density at radius 3 is 2.74 bits per heavy atom. The molecule has 1 atom stereocenters. The van der Waals surface area contributed by atoms with E-state index in [-0.39, 0.29) is 5.91 Å². The van der Waals surface area contributed by atoms with Gasteiger partial charge in [0.1, 0.15) is 0 Å². The molecule has 0 fully saturated rings. The largest absolute Gasteiger partial charge is 0.447 e. The van der Waals surface area contributed by atoms with Crippen molar-refractivity contribution >= 4 is 46.6 Å². The first-order valence-corrected chi connectivity index (χ1v) is 11.6. The van der Waals surface area contributed by atoms with Crippen molar-refractivity contribution in [2.24, 2.45) is 0 Å². The molecule has 2 heterocycles. The van der Waals surface area contributed by atoms with Gasteiger partial charge in [0, 0.05) is 28.8 Å². The first-order valence-electron chi connectivity index (χ1n) is 9.88. The normalized spacial score (nSPS) is 15.0. The number of amides is 1. The van der Waals surface area contributed by atoms with Crippen LogP contribution in [0.1, 0.15) is 38.5 Å². The van der Waals surface area contributed by atoms with E-state index in [0.717, 1.165) is 18.6 Å². The van der Waals surface area contributed by atoms with Crippen molar-refractivity contribution in [3.8, 4) is 17.1 Å². The molecule has 0 radical (unpaired) electrons. The van der Waals surface area contributed by atoms with Crippen LogP contribution in [0.5, 0.6) is 5.88 Å². The molecule has 3 aromatic rings. The van der Waals surface area contributed by atoms with Crippen molar-refractivity contribution in [2.45, 2.75) is 38.1 Å². The van der Waals surface area contributed by atoms with Gasteiger partial charge in [-0.05, 0) is 24.6 Å². The monoisotopic (exact) mass is 474 g/mol. The Labute approximate surface area is 194 Å². The highest BCUT2D eigenvalue weighted by Crippen LogP contribution is 2.44. The third-order valence-electron chi connectivity index (χ3n) is 4.81. The van der Waals surface area contributed by atoms with Crippen molar-refractivity contribution in [3.63, 3.8) is 0 Å². The minimum atomic E-state index is -0.838. The average Bonchev–Trinajstić information content (AvgIpc) is 2.88. The van der Waals surface area contributed by atoms with Gasteiger partial charge in [-0.3, -0.25) is 9.69 Å². The van der Waals surface area contributed by atoms with Crippen molar-refractivity contribution < 1.29 is 9.53 Å². The second-order valence-corrected chi connectivity index (χ2v) is 8.90. The molecule has 4 rings (SSSR count). The molecular formula is C22H20Cl2N4O2S. The fourth-order valence-corrected chi connectivity index (χ4v) is 4.69. The summed E-state index contributed by atoms with van der Waals surface area (Å²) < 4.78 is 6.32. The average molecular weight is 475 g/mol. The maximum absolute atomic E-state index is 12.8. The molecule has 9 heteroatoms. The predicted molar refractivity (Wildman–Crippen MR) is 124 cm³/mol. The second-order valence-electron chi connectivity index (χ2n) is 6.99. The number of carbonyl (C=O) groups is 1. The number of unbranched alkanes of at least 4 members (excludes halogenated alkanes) is 1. The van der Waals surface area contributed by atoms with Gasteiger partial charge in [-0.2, -0.15) is 4.98 Å². The minimum absolute atomic E-state index is 0.207. The van der Waals surface area contributed by atoms with Gasteiger partial charge in [0.2, 0.25) is 23.2 Å². The summed E-state index contributed by atoms with van der Waals surface area (Å²) in [6.07, 6.45) is 1.30. The van der Waals surface area contributed by atoms with Crippen LogP contribution in [0.3, 0.4) is 0 Å². The van der Waals surface area contributed by atoms with Crippen molar-refractivity contribution in [3.05, 3.63) is 58.1 Å². The number of halogens is 2. The van der Waals surface area contributed by atoms with Gasteiger partial charge < -0.3 is 4.74 Å². The van der Waals surface area contributed by atoms with Gasteiger partial charge in [-0.1, -0.05) is 72.6 Å².